The maximum Gasteiger partial charge on any atom is 0.279 e. The third-order valence-electron chi connectivity index (χ3n) is 3.30. The number of aromatic hydroxyl groups is 1. The van der Waals surface area contributed by atoms with Gasteiger partial charge in [0, 0.05) is 24.7 Å². The van der Waals surface area contributed by atoms with Crippen molar-refractivity contribution in [2.45, 2.75) is 6.42 Å². The predicted molar refractivity (Wildman–Crippen MR) is 85.5 cm³/mol. The number of fused-ring (bicyclic) bond motifs is 1. The van der Waals surface area contributed by atoms with Crippen LogP contribution in [0.4, 0.5) is 8.78 Å². The fourth-order valence-corrected chi connectivity index (χ4v) is 2.91. The van der Waals surface area contributed by atoms with Gasteiger partial charge in [-0.1, -0.05) is 17.4 Å². The third-order valence-corrected chi connectivity index (χ3v) is 4.20. The quantitative estimate of drug-likeness (QED) is 0.757. The number of hydrogen-bond acceptors (Lipinski definition) is 5. The Morgan fingerprint density at radius 3 is 2.75 bits per heavy atom. The molecule has 0 saturated heterocycles. The average Bonchev–Trinajstić information content (AvgIpc) is 2.91. The first-order valence-corrected chi connectivity index (χ1v) is 7.74. The standard InChI is InChI=1S/C16H12F2N2O3S/c1-19-15(22)4-8-2-3-9(5-13(8)21)23-16-20-12-6-10(17)11(18)7-14(12)24-16/h2-3,5-7,21H,4H2,1H3,(H,19,22). The molecule has 0 fully saturated rings. The van der Waals surface area contributed by atoms with Crippen molar-refractivity contribution < 1.29 is 23.4 Å². The zero-order chi connectivity index (χ0) is 17.3. The number of nitrogens with one attached hydrogen (secondary N) is 1. The van der Waals surface area contributed by atoms with E-state index in [1.54, 1.807) is 12.1 Å². The Balaban J connectivity index is 1.83. The largest absolute Gasteiger partial charge is 0.508 e. The van der Waals surface area contributed by atoms with E-state index >= 15 is 0 Å². The molecule has 24 heavy (non-hydrogen) atoms. The van der Waals surface area contributed by atoms with Crippen molar-refractivity contribution in [2.24, 2.45) is 0 Å². The highest BCUT2D eigenvalue weighted by molar-refractivity contribution is 7.20. The zero-order valence-electron chi connectivity index (χ0n) is 12.5. The van der Waals surface area contributed by atoms with Crippen LogP contribution >= 0.6 is 11.3 Å². The van der Waals surface area contributed by atoms with Gasteiger partial charge in [0.05, 0.1) is 16.6 Å². The molecule has 0 saturated carbocycles. The maximum absolute atomic E-state index is 13.2. The highest BCUT2D eigenvalue weighted by atomic mass is 32.1. The number of likely N-dealkylation sites (N-methyl/N-ethyl adjacent to an activating group) is 1. The van der Waals surface area contributed by atoms with E-state index in [9.17, 15) is 18.7 Å². The van der Waals surface area contributed by atoms with Gasteiger partial charge in [-0.25, -0.2) is 13.8 Å². The van der Waals surface area contributed by atoms with Crippen molar-refractivity contribution in [1.82, 2.24) is 10.3 Å². The van der Waals surface area contributed by atoms with E-state index < -0.39 is 11.6 Å². The Bertz CT molecular complexity index is 888. The van der Waals surface area contributed by atoms with E-state index in [1.165, 1.54) is 13.1 Å². The number of ether oxygens (including phenoxy) is 1. The van der Waals surface area contributed by atoms with Gasteiger partial charge in [0.1, 0.15) is 11.5 Å². The number of aromatic nitrogens is 1. The molecule has 1 amide bonds. The van der Waals surface area contributed by atoms with Gasteiger partial charge < -0.3 is 15.2 Å². The number of carbonyl (C=O) groups excluding carboxylic acids is 1. The van der Waals surface area contributed by atoms with Crippen molar-refractivity contribution in [3.05, 3.63) is 47.5 Å². The van der Waals surface area contributed by atoms with Gasteiger partial charge >= 0.3 is 0 Å². The molecule has 0 aliphatic rings. The Hall–Kier alpha value is -2.74. The lowest BCUT2D eigenvalue weighted by Gasteiger charge is -2.06. The van der Waals surface area contributed by atoms with Crippen LogP contribution < -0.4 is 10.1 Å². The molecule has 3 aromatic rings. The number of phenols is 1. The molecule has 2 N–H and O–H groups in total. The number of nitrogens with zero attached hydrogens (tertiary/aromatic N) is 1. The van der Waals surface area contributed by atoms with Gasteiger partial charge in [0.25, 0.3) is 5.19 Å². The van der Waals surface area contributed by atoms with Crippen molar-refractivity contribution in [1.29, 1.82) is 0 Å². The Morgan fingerprint density at radius 2 is 2.04 bits per heavy atom. The summed E-state index contributed by atoms with van der Waals surface area (Å²) in [5.41, 5.74) is 0.740. The lowest BCUT2D eigenvalue weighted by atomic mass is 10.1. The first-order chi connectivity index (χ1) is 11.5. The topological polar surface area (TPSA) is 71.5 Å². The number of hydrogen-bond donors (Lipinski definition) is 2. The normalized spacial score (nSPS) is 10.8. The molecular weight excluding hydrogens is 338 g/mol. The molecule has 8 heteroatoms. The van der Waals surface area contributed by atoms with Crippen LogP contribution in [0.5, 0.6) is 16.7 Å². The van der Waals surface area contributed by atoms with Gasteiger partial charge in [-0.15, -0.1) is 0 Å². The Kier molecular flexibility index (Phi) is 4.30. The number of halogens is 2. The second-order valence-corrected chi connectivity index (χ2v) is 5.95. The molecule has 124 valence electrons. The van der Waals surface area contributed by atoms with Crippen molar-refractivity contribution in [3.8, 4) is 16.7 Å². The number of rotatable bonds is 4. The first-order valence-electron chi connectivity index (χ1n) is 6.92. The number of carbonyl (C=O) groups is 1. The zero-order valence-corrected chi connectivity index (χ0v) is 13.3. The lowest BCUT2D eigenvalue weighted by molar-refractivity contribution is -0.119. The minimum Gasteiger partial charge on any atom is -0.508 e. The summed E-state index contributed by atoms with van der Waals surface area (Å²) in [5.74, 6) is -1.94. The van der Waals surface area contributed by atoms with Gasteiger partial charge in [-0.05, 0) is 12.1 Å². The monoisotopic (exact) mass is 350 g/mol. The highest BCUT2D eigenvalue weighted by Crippen LogP contribution is 2.34. The van der Waals surface area contributed by atoms with Crippen LogP contribution in [0.2, 0.25) is 0 Å². The van der Waals surface area contributed by atoms with Gasteiger partial charge in [0.2, 0.25) is 5.91 Å². The molecule has 0 unspecified atom stereocenters. The molecular formula is C16H12F2N2O3S. The van der Waals surface area contributed by atoms with E-state index in [2.05, 4.69) is 10.3 Å². The van der Waals surface area contributed by atoms with Crippen LogP contribution in [0.1, 0.15) is 5.56 Å². The molecule has 2 aromatic carbocycles. The van der Waals surface area contributed by atoms with E-state index in [4.69, 9.17) is 4.74 Å². The molecule has 0 aliphatic heterocycles. The molecule has 0 radical (unpaired) electrons. The van der Waals surface area contributed by atoms with Gasteiger partial charge in [-0.3, -0.25) is 4.79 Å². The number of benzene rings is 2. The predicted octanol–water partition coefficient (Wildman–Crippen LogP) is 3.36. The SMILES string of the molecule is CNC(=O)Cc1ccc(Oc2nc3cc(F)c(F)cc3s2)cc1O. The summed E-state index contributed by atoms with van der Waals surface area (Å²) < 4.78 is 32.4. The number of phenolic OH excluding ortho intramolecular Hbond substituents is 1. The number of thiazole rings is 1. The molecule has 1 heterocycles. The van der Waals surface area contributed by atoms with E-state index in [0.717, 1.165) is 23.5 Å². The third kappa shape index (κ3) is 3.28. The highest BCUT2D eigenvalue weighted by Gasteiger charge is 2.12. The fraction of sp³-hybridized carbons (Fsp3) is 0.125. The second-order valence-electron chi connectivity index (χ2n) is 4.96. The van der Waals surface area contributed by atoms with Crippen LogP contribution in [0, 0.1) is 11.6 Å². The van der Waals surface area contributed by atoms with Crippen molar-refractivity contribution >= 4 is 27.5 Å². The summed E-state index contributed by atoms with van der Waals surface area (Å²) in [6.07, 6.45) is 0.0440. The van der Waals surface area contributed by atoms with Crippen LogP contribution in [0.3, 0.4) is 0 Å². The van der Waals surface area contributed by atoms with E-state index in [-0.39, 0.29) is 28.8 Å². The molecule has 0 spiro atoms. The summed E-state index contributed by atoms with van der Waals surface area (Å²) in [4.78, 5) is 15.4. The Labute approximate surface area is 139 Å². The van der Waals surface area contributed by atoms with Crippen LogP contribution in [-0.4, -0.2) is 23.0 Å². The molecule has 0 atom stereocenters. The Morgan fingerprint density at radius 1 is 1.29 bits per heavy atom. The van der Waals surface area contributed by atoms with Gasteiger partial charge in [0.15, 0.2) is 11.6 Å². The minimum absolute atomic E-state index is 0.0440. The van der Waals surface area contributed by atoms with Crippen LogP contribution in [0.25, 0.3) is 10.2 Å². The summed E-state index contributed by atoms with van der Waals surface area (Å²) in [6, 6.07) is 6.54. The molecule has 1 aromatic heterocycles. The molecule has 3 rings (SSSR count). The summed E-state index contributed by atoms with van der Waals surface area (Å²) >= 11 is 1.05. The van der Waals surface area contributed by atoms with E-state index in [0.29, 0.717) is 16.0 Å². The minimum atomic E-state index is -0.976. The summed E-state index contributed by atoms with van der Waals surface area (Å²) in [6.45, 7) is 0. The van der Waals surface area contributed by atoms with Crippen molar-refractivity contribution in [2.75, 3.05) is 7.05 Å². The molecule has 5 nitrogen and oxygen atoms in total. The summed E-state index contributed by atoms with van der Waals surface area (Å²) in [5, 5.41) is 12.6. The average molecular weight is 350 g/mol. The van der Waals surface area contributed by atoms with Gasteiger partial charge in [-0.2, -0.15) is 0 Å². The lowest BCUT2D eigenvalue weighted by Crippen LogP contribution is -2.19. The van der Waals surface area contributed by atoms with Crippen LogP contribution in [-0.2, 0) is 11.2 Å². The molecule has 0 bridgehead atoms. The fourth-order valence-electron chi connectivity index (χ4n) is 2.06. The second kappa shape index (κ2) is 6.40. The summed E-state index contributed by atoms with van der Waals surface area (Å²) in [7, 11) is 1.51. The first kappa shape index (κ1) is 16.1. The number of amides is 1. The molecule has 0 aliphatic carbocycles. The maximum atomic E-state index is 13.2. The van der Waals surface area contributed by atoms with Crippen molar-refractivity contribution in [3.63, 3.8) is 0 Å². The van der Waals surface area contributed by atoms with Crippen LogP contribution in [0.15, 0.2) is 30.3 Å². The smallest absolute Gasteiger partial charge is 0.279 e. The van der Waals surface area contributed by atoms with E-state index in [1.807, 2.05) is 0 Å².